The van der Waals surface area contributed by atoms with E-state index in [1.165, 1.54) is 76.2 Å². The molecule has 0 aliphatic rings. The van der Waals surface area contributed by atoms with Gasteiger partial charge in [0, 0.05) is 20.6 Å². The van der Waals surface area contributed by atoms with Crippen molar-refractivity contribution in [1.82, 2.24) is 4.90 Å². The lowest BCUT2D eigenvalue weighted by molar-refractivity contribution is -0.171. The average molecular weight is 412 g/mol. The van der Waals surface area contributed by atoms with Crippen molar-refractivity contribution in [3.8, 4) is 0 Å². The summed E-state index contributed by atoms with van der Waals surface area (Å²) in [6.07, 6.45) is 20.7. The Balaban J connectivity index is 3.50. The number of allylic oxidation sites excluding steroid dienone is 2. The molecule has 0 saturated carbocycles. The molecule has 170 valence electrons. The first kappa shape index (κ1) is 27.6. The van der Waals surface area contributed by atoms with Gasteiger partial charge >= 0.3 is 5.97 Å². The lowest BCUT2D eigenvalue weighted by atomic mass is 10.1. The SMILES string of the molecule is CCCCCCCC/C=C\CCCCCCCC(=O)N(C)CC(=O)OC(C)OC. The molecule has 0 aromatic rings. The van der Waals surface area contributed by atoms with E-state index in [0.717, 1.165) is 19.3 Å². The second-order valence-electron chi connectivity index (χ2n) is 7.88. The van der Waals surface area contributed by atoms with Gasteiger partial charge in [0.25, 0.3) is 0 Å². The van der Waals surface area contributed by atoms with E-state index in [-0.39, 0.29) is 12.5 Å². The van der Waals surface area contributed by atoms with Crippen molar-refractivity contribution >= 4 is 11.9 Å². The number of hydrogen-bond donors (Lipinski definition) is 0. The molecule has 0 saturated heterocycles. The molecule has 5 heteroatoms. The molecule has 1 atom stereocenters. The molecule has 0 fully saturated rings. The quantitative estimate of drug-likeness (QED) is 0.113. The van der Waals surface area contributed by atoms with Crippen LogP contribution in [0.3, 0.4) is 0 Å². The molecule has 0 radical (unpaired) electrons. The Morgan fingerprint density at radius 1 is 0.862 bits per heavy atom. The molecule has 0 heterocycles. The Bertz CT molecular complexity index is 437. The normalized spacial score (nSPS) is 12.3. The molecular weight excluding hydrogens is 366 g/mol. The number of carbonyl (C=O) groups is 2. The van der Waals surface area contributed by atoms with Crippen LogP contribution in [-0.4, -0.2) is 43.8 Å². The third-order valence-corrected chi connectivity index (χ3v) is 5.07. The Hall–Kier alpha value is -1.36. The average Bonchev–Trinajstić information content (AvgIpc) is 2.70. The van der Waals surface area contributed by atoms with E-state index in [1.54, 1.807) is 14.0 Å². The lowest BCUT2D eigenvalue weighted by Crippen LogP contribution is -2.34. The molecule has 5 nitrogen and oxygen atoms in total. The Morgan fingerprint density at radius 3 is 1.93 bits per heavy atom. The predicted octanol–water partition coefficient (Wildman–Crippen LogP) is 6.02. The van der Waals surface area contributed by atoms with E-state index in [4.69, 9.17) is 9.47 Å². The van der Waals surface area contributed by atoms with Crippen LogP contribution in [0.4, 0.5) is 0 Å². The standard InChI is InChI=1S/C24H45NO4/c1-5-6-7-8-9-10-11-12-13-14-15-16-17-18-19-20-23(26)25(3)21-24(27)29-22(2)28-4/h12-13,22H,5-11,14-21H2,1-4H3/b13-12-. The minimum Gasteiger partial charge on any atom is -0.435 e. The summed E-state index contributed by atoms with van der Waals surface area (Å²) in [5.41, 5.74) is 0. The molecule has 1 amide bonds. The summed E-state index contributed by atoms with van der Waals surface area (Å²) in [4.78, 5) is 25.1. The van der Waals surface area contributed by atoms with Gasteiger partial charge in [-0.3, -0.25) is 9.59 Å². The summed E-state index contributed by atoms with van der Waals surface area (Å²) in [5, 5.41) is 0. The fourth-order valence-corrected chi connectivity index (χ4v) is 3.09. The Morgan fingerprint density at radius 2 is 1.38 bits per heavy atom. The van der Waals surface area contributed by atoms with Crippen LogP contribution >= 0.6 is 0 Å². The van der Waals surface area contributed by atoms with Gasteiger partial charge in [-0.1, -0.05) is 70.4 Å². The van der Waals surface area contributed by atoms with E-state index >= 15 is 0 Å². The Kier molecular flexibility index (Phi) is 19.0. The van der Waals surface area contributed by atoms with Crippen LogP contribution in [0.5, 0.6) is 0 Å². The molecule has 0 spiro atoms. The van der Waals surface area contributed by atoms with Gasteiger partial charge in [0.1, 0.15) is 6.54 Å². The number of likely N-dealkylation sites (N-methyl/N-ethyl adjacent to an activating group) is 1. The number of esters is 1. The van der Waals surface area contributed by atoms with Crippen LogP contribution in [0.2, 0.25) is 0 Å². The predicted molar refractivity (Wildman–Crippen MR) is 120 cm³/mol. The second-order valence-corrected chi connectivity index (χ2v) is 7.88. The molecule has 0 rings (SSSR count). The van der Waals surface area contributed by atoms with Crippen molar-refractivity contribution in [2.45, 2.75) is 110 Å². The van der Waals surface area contributed by atoms with Gasteiger partial charge in [-0.15, -0.1) is 0 Å². The number of methoxy groups -OCH3 is 1. The minimum absolute atomic E-state index is 0.00959. The summed E-state index contributed by atoms with van der Waals surface area (Å²) in [5.74, 6) is -0.454. The largest absolute Gasteiger partial charge is 0.435 e. The number of ether oxygens (including phenoxy) is 2. The minimum atomic E-state index is -0.587. The molecule has 0 aromatic carbocycles. The highest BCUT2D eigenvalue weighted by Gasteiger charge is 2.15. The zero-order valence-corrected chi connectivity index (χ0v) is 19.4. The van der Waals surface area contributed by atoms with Crippen molar-refractivity contribution in [1.29, 1.82) is 0 Å². The van der Waals surface area contributed by atoms with Gasteiger partial charge in [0.2, 0.25) is 5.91 Å². The molecule has 1 unspecified atom stereocenters. The first-order valence-corrected chi connectivity index (χ1v) is 11.6. The van der Waals surface area contributed by atoms with E-state index < -0.39 is 12.3 Å². The summed E-state index contributed by atoms with van der Waals surface area (Å²) < 4.78 is 9.86. The fourth-order valence-electron chi connectivity index (χ4n) is 3.09. The highest BCUT2D eigenvalue weighted by atomic mass is 16.7. The maximum absolute atomic E-state index is 12.0. The highest BCUT2D eigenvalue weighted by Crippen LogP contribution is 2.10. The molecule has 0 bridgehead atoms. The Labute approximate surface area is 179 Å². The smallest absolute Gasteiger partial charge is 0.327 e. The van der Waals surface area contributed by atoms with Crippen LogP contribution < -0.4 is 0 Å². The van der Waals surface area contributed by atoms with Crippen LogP contribution in [-0.2, 0) is 19.1 Å². The van der Waals surface area contributed by atoms with E-state index in [9.17, 15) is 9.59 Å². The van der Waals surface area contributed by atoms with Crippen molar-refractivity contribution in [2.24, 2.45) is 0 Å². The lowest BCUT2D eigenvalue weighted by Gasteiger charge is -2.18. The summed E-state index contributed by atoms with van der Waals surface area (Å²) >= 11 is 0. The number of unbranched alkanes of at least 4 members (excludes halogenated alkanes) is 11. The number of rotatable bonds is 19. The van der Waals surface area contributed by atoms with E-state index in [2.05, 4.69) is 19.1 Å². The van der Waals surface area contributed by atoms with Gasteiger partial charge in [-0.2, -0.15) is 0 Å². The molecule has 29 heavy (non-hydrogen) atoms. The van der Waals surface area contributed by atoms with Gasteiger partial charge in [-0.25, -0.2) is 0 Å². The second kappa shape index (κ2) is 19.9. The van der Waals surface area contributed by atoms with Crippen LogP contribution in [0, 0.1) is 0 Å². The van der Waals surface area contributed by atoms with Crippen LogP contribution in [0.1, 0.15) is 104 Å². The van der Waals surface area contributed by atoms with Crippen molar-refractivity contribution in [3.05, 3.63) is 12.2 Å². The van der Waals surface area contributed by atoms with E-state index in [1.807, 2.05) is 0 Å². The van der Waals surface area contributed by atoms with Crippen molar-refractivity contribution < 1.29 is 19.1 Å². The molecule has 0 aliphatic heterocycles. The topological polar surface area (TPSA) is 55.8 Å². The summed E-state index contributed by atoms with van der Waals surface area (Å²) in [6.45, 7) is 3.87. The molecular formula is C24H45NO4. The van der Waals surface area contributed by atoms with Crippen molar-refractivity contribution in [3.63, 3.8) is 0 Å². The van der Waals surface area contributed by atoms with Crippen LogP contribution in [0.15, 0.2) is 12.2 Å². The number of hydrogen-bond acceptors (Lipinski definition) is 4. The third kappa shape index (κ3) is 18.4. The molecule has 0 aliphatic carbocycles. The van der Waals surface area contributed by atoms with Gasteiger partial charge in [0.05, 0.1) is 0 Å². The van der Waals surface area contributed by atoms with Crippen LogP contribution in [0.25, 0.3) is 0 Å². The zero-order chi connectivity index (χ0) is 21.7. The number of carbonyl (C=O) groups excluding carboxylic acids is 2. The van der Waals surface area contributed by atoms with Crippen molar-refractivity contribution in [2.75, 3.05) is 20.7 Å². The number of amides is 1. The fraction of sp³-hybridized carbons (Fsp3) is 0.833. The maximum Gasteiger partial charge on any atom is 0.327 e. The highest BCUT2D eigenvalue weighted by molar-refractivity contribution is 5.81. The monoisotopic (exact) mass is 411 g/mol. The van der Waals surface area contributed by atoms with Gasteiger partial charge < -0.3 is 14.4 Å². The third-order valence-electron chi connectivity index (χ3n) is 5.07. The molecule has 0 aromatic heterocycles. The number of nitrogens with zero attached hydrogens (tertiary/aromatic N) is 1. The summed E-state index contributed by atoms with van der Waals surface area (Å²) in [7, 11) is 3.11. The zero-order valence-electron chi connectivity index (χ0n) is 19.4. The molecule has 0 N–H and O–H groups in total. The first-order valence-electron chi connectivity index (χ1n) is 11.6. The summed E-state index contributed by atoms with van der Waals surface area (Å²) in [6, 6.07) is 0. The first-order chi connectivity index (χ1) is 14.0. The van der Waals surface area contributed by atoms with Gasteiger partial charge in [0.15, 0.2) is 6.29 Å². The maximum atomic E-state index is 12.0. The van der Waals surface area contributed by atoms with Gasteiger partial charge in [-0.05, 0) is 39.0 Å². The van der Waals surface area contributed by atoms with E-state index in [0.29, 0.717) is 6.42 Å².